The molecule has 21 heavy (non-hydrogen) atoms. The predicted molar refractivity (Wildman–Crippen MR) is 85.7 cm³/mol. The lowest BCUT2D eigenvalue weighted by molar-refractivity contribution is 0.0935. The second-order valence-corrected chi connectivity index (χ2v) is 6.11. The van der Waals surface area contributed by atoms with Gasteiger partial charge in [-0.1, -0.05) is 0 Å². The van der Waals surface area contributed by atoms with Crippen LogP contribution < -0.4 is 10.6 Å². The Kier molecular flexibility index (Phi) is 5.82. The van der Waals surface area contributed by atoms with E-state index in [2.05, 4.69) is 41.0 Å². The van der Waals surface area contributed by atoms with Crippen LogP contribution in [-0.2, 0) is 0 Å². The quantitative estimate of drug-likeness (QED) is 0.835. The smallest absolute Gasteiger partial charge is 0.267 e. The predicted octanol–water partition coefficient (Wildman–Crippen LogP) is 1.48. The standard InChI is InChI=1S/C16H28N4O/c1-13(2)19(3)12-10-18-16(21)15-5-4-11-20(15)14-6-8-17-9-7-14/h4-5,11,13-14,17H,6-10,12H2,1-3H3,(H,18,21). The molecule has 0 radical (unpaired) electrons. The number of aromatic nitrogens is 1. The molecule has 2 heterocycles. The lowest BCUT2D eigenvalue weighted by Gasteiger charge is -2.26. The van der Waals surface area contributed by atoms with Crippen LogP contribution in [0.4, 0.5) is 0 Å². The van der Waals surface area contributed by atoms with E-state index in [9.17, 15) is 4.79 Å². The summed E-state index contributed by atoms with van der Waals surface area (Å²) in [5, 5.41) is 6.40. The van der Waals surface area contributed by atoms with Gasteiger partial charge in [0.15, 0.2) is 0 Å². The topological polar surface area (TPSA) is 49.3 Å². The number of piperidine rings is 1. The van der Waals surface area contributed by atoms with E-state index in [1.807, 2.05) is 18.3 Å². The molecule has 1 aromatic rings. The molecule has 1 aliphatic heterocycles. The van der Waals surface area contributed by atoms with Crippen LogP contribution >= 0.6 is 0 Å². The fraction of sp³-hybridized carbons (Fsp3) is 0.688. The average molecular weight is 292 g/mol. The Balaban J connectivity index is 1.89. The van der Waals surface area contributed by atoms with Crippen molar-refractivity contribution >= 4 is 5.91 Å². The molecule has 0 aromatic carbocycles. The Morgan fingerprint density at radius 2 is 2.19 bits per heavy atom. The Morgan fingerprint density at radius 1 is 1.48 bits per heavy atom. The number of rotatable bonds is 6. The fourth-order valence-electron chi connectivity index (χ4n) is 2.68. The van der Waals surface area contributed by atoms with Crippen LogP contribution in [-0.4, -0.2) is 54.6 Å². The van der Waals surface area contributed by atoms with Crippen LogP contribution in [0.1, 0.15) is 43.2 Å². The van der Waals surface area contributed by atoms with Crippen molar-refractivity contribution in [2.75, 3.05) is 33.2 Å². The first kappa shape index (κ1) is 16.0. The Bertz CT molecular complexity index is 449. The zero-order chi connectivity index (χ0) is 15.2. The van der Waals surface area contributed by atoms with E-state index >= 15 is 0 Å². The highest BCUT2D eigenvalue weighted by atomic mass is 16.1. The molecule has 1 aliphatic rings. The molecule has 1 aromatic heterocycles. The van der Waals surface area contributed by atoms with Crippen molar-refractivity contribution in [3.8, 4) is 0 Å². The van der Waals surface area contributed by atoms with E-state index in [0.717, 1.165) is 38.2 Å². The molecule has 1 amide bonds. The monoisotopic (exact) mass is 292 g/mol. The number of amides is 1. The minimum atomic E-state index is 0.0377. The number of likely N-dealkylation sites (N-methyl/N-ethyl adjacent to an activating group) is 1. The van der Waals surface area contributed by atoms with Crippen LogP contribution in [0.15, 0.2) is 18.3 Å². The zero-order valence-electron chi connectivity index (χ0n) is 13.4. The van der Waals surface area contributed by atoms with Gasteiger partial charge in [-0.15, -0.1) is 0 Å². The van der Waals surface area contributed by atoms with Crippen molar-refractivity contribution in [3.05, 3.63) is 24.0 Å². The molecule has 5 heteroatoms. The van der Waals surface area contributed by atoms with E-state index in [4.69, 9.17) is 0 Å². The summed E-state index contributed by atoms with van der Waals surface area (Å²) in [7, 11) is 2.08. The van der Waals surface area contributed by atoms with Gasteiger partial charge in [0, 0.05) is 31.4 Å². The minimum Gasteiger partial charge on any atom is -0.349 e. The van der Waals surface area contributed by atoms with Crippen LogP contribution in [0.3, 0.4) is 0 Å². The minimum absolute atomic E-state index is 0.0377. The van der Waals surface area contributed by atoms with Gasteiger partial charge in [0.1, 0.15) is 5.69 Å². The Labute approximate surface area is 127 Å². The number of hydrogen-bond donors (Lipinski definition) is 2. The zero-order valence-corrected chi connectivity index (χ0v) is 13.4. The number of nitrogens with one attached hydrogen (secondary N) is 2. The maximum absolute atomic E-state index is 12.4. The molecule has 0 unspecified atom stereocenters. The average Bonchev–Trinajstić information content (AvgIpc) is 2.97. The second-order valence-electron chi connectivity index (χ2n) is 6.11. The van der Waals surface area contributed by atoms with Crippen molar-refractivity contribution in [2.45, 2.75) is 38.8 Å². The van der Waals surface area contributed by atoms with Crippen molar-refractivity contribution in [3.63, 3.8) is 0 Å². The van der Waals surface area contributed by atoms with Crippen LogP contribution in [0, 0.1) is 0 Å². The highest BCUT2D eigenvalue weighted by Crippen LogP contribution is 2.21. The second kappa shape index (κ2) is 7.61. The third-order valence-corrected chi connectivity index (χ3v) is 4.35. The Hall–Kier alpha value is -1.33. The fourth-order valence-corrected chi connectivity index (χ4v) is 2.68. The van der Waals surface area contributed by atoms with Crippen molar-refractivity contribution in [2.24, 2.45) is 0 Å². The third kappa shape index (κ3) is 4.32. The SMILES string of the molecule is CC(C)N(C)CCNC(=O)c1cccn1C1CCNCC1. The molecule has 2 rings (SSSR count). The van der Waals surface area contributed by atoms with E-state index in [-0.39, 0.29) is 5.91 Å². The summed E-state index contributed by atoms with van der Waals surface area (Å²) in [5.41, 5.74) is 0.786. The maximum atomic E-state index is 12.4. The van der Waals surface area contributed by atoms with Gasteiger partial charge < -0.3 is 20.1 Å². The van der Waals surface area contributed by atoms with Crippen LogP contribution in [0.25, 0.3) is 0 Å². The van der Waals surface area contributed by atoms with Gasteiger partial charge in [-0.05, 0) is 59.0 Å². The van der Waals surface area contributed by atoms with Gasteiger partial charge in [0.05, 0.1) is 0 Å². The van der Waals surface area contributed by atoms with Gasteiger partial charge in [-0.2, -0.15) is 0 Å². The molecule has 1 saturated heterocycles. The molecule has 0 spiro atoms. The molecular weight excluding hydrogens is 264 g/mol. The molecule has 2 N–H and O–H groups in total. The van der Waals surface area contributed by atoms with Crippen molar-refractivity contribution in [1.29, 1.82) is 0 Å². The van der Waals surface area contributed by atoms with Gasteiger partial charge in [0.2, 0.25) is 0 Å². The first-order chi connectivity index (χ1) is 10.1. The van der Waals surface area contributed by atoms with Gasteiger partial charge in [-0.3, -0.25) is 4.79 Å². The normalized spacial score (nSPS) is 16.6. The summed E-state index contributed by atoms with van der Waals surface area (Å²) >= 11 is 0. The lowest BCUT2D eigenvalue weighted by Crippen LogP contribution is -2.37. The van der Waals surface area contributed by atoms with Crippen molar-refractivity contribution in [1.82, 2.24) is 20.1 Å². The maximum Gasteiger partial charge on any atom is 0.267 e. The molecule has 118 valence electrons. The highest BCUT2D eigenvalue weighted by Gasteiger charge is 2.19. The van der Waals surface area contributed by atoms with E-state index in [1.165, 1.54) is 0 Å². The number of carbonyl (C=O) groups excluding carboxylic acids is 1. The summed E-state index contributed by atoms with van der Waals surface area (Å²) in [6.07, 6.45) is 4.21. The summed E-state index contributed by atoms with van der Waals surface area (Å²) < 4.78 is 2.14. The third-order valence-electron chi connectivity index (χ3n) is 4.35. The van der Waals surface area contributed by atoms with Crippen LogP contribution in [0.5, 0.6) is 0 Å². The van der Waals surface area contributed by atoms with E-state index in [0.29, 0.717) is 18.6 Å². The number of nitrogens with zero attached hydrogens (tertiary/aromatic N) is 2. The van der Waals surface area contributed by atoms with Gasteiger partial charge in [-0.25, -0.2) is 0 Å². The highest BCUT2D eigenvalue weighted by molar-refractivity contribution is 5.92. The molecular formula is C16H28N4O. The molecule has 0 saturated carbocycles. The number of hydrogen-bond acceptors (Lipinski definition) is 3. The number of carbonyl (C=O) groups is 1. The summed E-state index contributed by atoms with van der Waals surface area (Å²) in [6, 6.07) is 4.83. The molecule has 1 fully saturated rings. The van der Waals surface area contributed by atoms with E-state index in [1.54, 1.807) is 0 Å². The van der Waals surface area contributed by atoms with Crippen LogP contribution in [0.2, 0.25) is 0 Å². The largest absolute Gasteiger partial charge is 0.349 e. The summed E-state index contributed by atoms with van der Waals surface area (Å²) in [4.78, 5) is 14.6. The van der Waals surface area contributed by atoms with Gasteiger partial charge in [0.25, 0.3) is 5.91 Å². The van der Waals surface area contributed by atoms with Crippen molar-refractivity contribution < 1.29 is 4.79 Å². The van der Waals surface area contributed by atoms with Gasteiger partial charge >= 0.3 is 0 Å². The molecule has 0 aliphatic carbocycles. The Morgan fingerprint density at radius 3 is 2.86 bits per heavy atom. The summed E-state index contributed by atoms with van der Waals surface area (Å²) in [6.45, 7) is 7.93. The summed E-state index contributed by atoms with van der Waals surface area (Å²) in [5.74, 6) is 0.0377. The van der Waals surface area contributed by atoms with E-state index < -0.39 is 0 Å². The lowest BCUT2D eigenvalue weighted by atomic mass is 10.1. The first-order valence-corrected chi connectivity index (χ1v) is 7.95. The molecule has 0 bridgehead atoms. The molecule has 0 atom stereocenters. The molecule has 5 nitrogen and oxygen atoms in total. The first-order valence-electron chi connectivity index (χ1n) is 7.95.